The third kappa shape index (κ3) is 4.16. The van der Waals surface area contributed by atoms with Crippen LogP contribution in [0, 0.1) is 0 Å². The third-order valence-corrected chi connectivity index (χ3v) is 5.96. The molecule has 134 valence electrons. The SMILES string of the molecule is COC(=O)c1ccc(S(=O)(=O)NCc2ccnc(-c3cccs3)c2)cc1. The number of sulfonamides is 1. The molecule has 0 aliphatic rings. The molecule has 1 aromatic carbocycles. The Kier molecular flexibility index (Phi) is 5.46. The second-order valence-corrected chi connectivity index (χ2v) is 8.08. The molecule has 0 unspecified atom stereocenters. The van der Waals surface area contributed by atoms with Crippen molar-refractivity contribution < 1.29 is 17.9 Å². The first-order valence-electron chi connectivity index (χ1n) is 7.66. The molecule has 8 heteroatoms. The van der Waals surface area contributed by atoms with Crippen LogP contribution in [0.15, 0.2) is 65.0 Å². The summed E-state index contributed by atoms with van der Waals surface area (Å²) in [4.78, 5) is 16.8. The average molecular weight is 388 g/mol. The monoisotopic (exact) mass is 388 g/mol. The number of carbonyl (C=O) groups excluding carboxylic acids is 1. The maximum absolute atomic E-state index is 12.4. The summed E-state index contributed by atoms with van der Waals surface area (Å²) in [5.41, 5.74) is 1.90. The van der Waals surface area contributed by atoms with E-state index >= 15 is 0 Å². The summed E-state index contributed by atoms with van der Waals surface area (Å²) < 4.78 is 32.0. The van der Waals surface area contributed by atoms with E-state index in [1.807, 2.05) is 23.6 Å². The van der Waals surface area contributed by atoms with Gasteiger partial charge in [0, 0.05) is 12.7 Å². The van der Waals surface area contributed by atoms with E-state index in [1.165, 1.54) is 31.4 Å². The van der Waals surface area contributed by atoms with Crippen LogP contribution in [-0.2, 0) is 21.3 Å². The van der Waals surface area contributed by atoms with Crippen molar-refractivity contribution in [3.63, 3.8) is 0 Å². The van der Waals surface area contributed by atoms with E-state index in [-0.39, 0.29) is 11.4 Å². The summed E-state index contributed by atoms with van der Waals surface area (Å²) >= 11 is 1.57. The normalized spacial score (nSPS) is 11.3. The van der Waals surface area contributed by atoms with E-state index in [1.54, 1.807) is 23.6 Å². The van der Waals surface area contributed by atoms with Gasteiger partial charge in [-0.3, -0.25) is 4.98 Å². The highest BCUT2D eigenvalue weighted by Crippen LogP contribution is 2.23. The molecule has 3 aromatic rings. The van der Waals surface area contributed by atoms with Gasteiger partial charge in [-0.05, 0) is 53.4 Å². The van der Waals surface area contributed by atoms with Crippen LogP contribution in [-0.4, -0.2) is 26.5 Å². The van der Waals surface area contributed by atoms with Crippen molar-refractivity contribution in [1.29, 1.82) is 0 Å². The van der Waals surface area contributed by atoms with E-state index in [2.05, 4.69) is 14.4 Å². The molecule has 0 saturated carbocycles. The average Bonchev–Trinajstić information content (AvgIpc) is 3.21. The minimum absolute atomic E-state index is 0.0812. The third-order valence-electron chi connectivity index (χ3n) is 3.65. The Hall–Kier alpha value is -2.55. The molecule has 6 nitrogen and oxygen atoms in total. The van der Waals surface area contributed by atoms with Gasteiger partial charge in [0.05, 0.1) is 28.1 Å². The molecule has 0 amide bonds. The van der Waals surface area contributed by atoms with Gasteiger partial charge >= 0.3 is 5.97 Å². The Labute approximate surface area is 155 Å². The fourth-order valence-corrected chi connectivity index (χ4v) is 4.00. The van der Waals surface area contributed by atoms with Crippen molar-refractivity contribution in [2.45, 2.75) is 11.4 Å². The van der Waals surface area contributed by atoms with Crippen molar-refractivity contribution in [1.82, 2.24) is 9.71 Å². The molecule has 0 bridgehead atoms. The summed E-state index contributed by atoms with van der Waals surface area (Å²) in [6, 6.07) is 13.1. The van der Waals surface area contributed by atoms with Gasteiger partial charge in [-0.25, -0.2) is 17.9 Å². The molecular weight excluding hydrogens is 372 g/mol. The van der Waals surface area contributed by atoms with Gasteiger partial charge in [-0.2, -0.15) is 0 Å². The molecule has 0 aliphatic carbocycles. The molecule has 3 rings (SSSR count). The topological polar surface area (TPSA) is 85.4 Å². The second-order valence-electron chi connectivity index (χ2n) is 5.37. The number of hydrogen-bond donors (Lipinski definition) is 1. The maximum Gasteiger partial charge on any atom is 0.337 e. The molecule has 0 fully saturated rings. The van der Waals surface area contributed by atoms with Crippen LogP contribution in [0.5, 0.6) is 0 Å². The lowest BCUT2D eigenvalue weighted by molar-refractivity contribution is 0.0600. The number of pyridine rings is 1. The predicted octanol–water partition coefficient (Wildman–Crippen LogP) is 3.08. The molecule has 2 heterocycles. The van der Waals surface area contributed by atoms with Gasteiger partial charge in [-0.1, -0.05) is 6.07 Å². The lowest BCUT2D eigenvalue weighted by Gasteiger charge is -2.08. The van der Waals surface area contributed by atoms with Crippen molar-refractivity contribution in [3.8, 4) is 10.6 Å². The Morgan fingerprint density at radius 1 is 1.19 bits per heavy atom. The van der Waals surface area contributed by atoms with Gasteiger partial charge in [0.15, 0.2) is 0 Å². The van der Waals surface area contributed by atoms with Gasteiger partial charge < -0.3 is 4.74 Å². The Morgan fingerprint density at radius 2 is 1.96 bits per heavy atom. The zero-order valence-electron chi connectivity index (χ0n) is 13.9. The van der Waals surface area contributed by atoms with Crippen LogP contribution in [0.3, 0.4) is 0 Å². The number of nitrogens with zero attached hydrogens (tertiary/aromatic N) is 1. The first kappa shape index (κ1) is 18.2. The van der Waals surface area contributed by atoms with Crippen molar-refractivity contribution in [2.75, 3.05) is 7.11 Å². The molecule has 0 atom stereocenters. The minimum Gasteiger partial charge on any atom is -0.465 e. The molecule has 2 aromatic heterocycles. The molecule has 0 spiro atoms. The summed E-state index contributed by atoms with van der Waals surface area (Å²) in [6.45, 7) is 0.141. The van der Waals surface area contributed by atoms with Gasteiger partial charge in [0.25, 0.3) is 0 Å². The quantitative estimate of drug-likeness (QED) is 0.656. The number of aromatic nitrogens is 1. The first-order valence-corrected chi connectivity index (χ1v) is 10.0. The van der Waals surface area contributed by atoms with Crippen LogP contribution >= 0.6 is 11.3 Å². The fraction of sp³-hybridized carbons (Fsp3) is 0.111. The van der Waals surface area contributed by atoms with Crippen LogP contribution in [0.25, 0.3) is 10.6 Å². The Bertz CT molecular complexity index is 998. The zero-order valence-corrected chi connectivity index (χ0v) is 15.5. The van der Waals surface area contributed by atoms with E-state index in [4.69, 9.17) is 0 Å². The molecule has 0 saturated heterocycles. The number of thiophene rings is 1. The van der Waals surface area contributed by atoms with E-state index in [0.717, 1.165) is 16.1 Å². The van der Waals surface area contributed by atoms with Crippen LogP contribution in [0.2, 0.25) is 0 Å². The molecular formula is C18H16N2O4S2. The highest BCUT2D eigenvalue weighted by Gasteiger charge is 2.15. The number of ether oxygens (including phenoxy) is 1. The lowest BCUT2D eigenvalue weighted by atomic mass is 10.2. The van der Waals surface area contributed by atoms with E-state index < -0.39 is 16.0 Å². The summed E-state index contributed by atoms with van der Waals surface area (Å²) in [6.07, 6.45) is 1.66. The van der Waals surface area contributed by atoms with Crippen molar-refractivity contribution in [2.24, 2.45) is 0 Å². The molecule has 0 aliphatic heterocycles. The number of benzene rings is 1. The molecule has 26 heavy (non-hydrogen) atoms. The van der Waals surface area contributed by atoms with Gasteiger partial charge in [0.1, 0.15) is 0 Å². The van der Waals surface area contributed by atoms with Crippen molar-refractivity contribution >= 4 is 27.3 Å². The highest BCUT2D eigenvalue weighted by atomic mass is 32.2. The largest absolute Gasteiger partial charge is 0.465 e. The number of rotatable bonds is 6. The Balaban J connectivity index is 1.72. The first-order chi connectivity index (χ1) is 12.5. The van der Waals surface area contributed by atoms with Crippen LogP contribution in [0.1, 0.15) is 15.9 Å². The second kappa shape index (κ2) is 7.77. The standard InChI is InChI=1S/C18H16N2O4S2/c1-24-18(21)14-4-6-15(7-5-14)26(22,23)20-12-13-8-9-19-16(11-13)17-3-2-10-25-17/h2-11,20H,12H2,1H3. The van der Waals surface area contributed by atoms with E-state index in [0.29, 0.717) is 5.56 Å². The van der Waals surface area contributed by atoms with Gasteiger partial charge in [-0.15, -0.1) is 11.3 Å². The summed E-state index contributed by atoms with van der Waals surface area (Å²) in [7, 11) is -2.42. The minimum atomic E-state index is -3.69. The smallest absolute Gasteiger partial charge is 0.337 e. The fourth-order valence-electron chi connectivity index (χ4n) is 2.29. The molecule has 1 N–H and O–H groups in total. The van der Waals surface area contributed by atoms with Crippen LogP contribution in [0.4, 0.5) is 0 Å². The number of nitrogens with one attached hydrogen (secondary N) is 1. The number of carbonyl (C=O) groups is 1. The lowest BCUT2D eigenvalue weighted by Crippen LogP contribution is -2.23. The van der Waals surface area contributed by atoms with Crippen molar-refractivity contribution in [3.05, 3.63) is 71.2 Å². The summed E-state index contributed by atoms with van der Waals surface area (Å²) in [5, 5.41) is 1.96. The Morgan fingerprint density at radius 3 is 2.62 bits per heavy atom. The maximum atomic E-state index is 12.4. The number of methoxy groups -OCH3 is 1. The van der Waals surface area contributed by atoms with Gasteiger partial charge in [0.2, 0.25) is 10.0 Å². The number of esters is 1. The zero-order chi connectivity index (χ0) is 18.6. The predicted molar refractivity (Wildman–Crippen MR) is 99.4 cm³/mol. The highest BCUT2D eigenvalue weighted by molar-refractivity contribution is 7.89. The summed E-state index contributed by atoms with van der Waals surface area (Å²) in [5.74, 6) is -0.514. The van der Waals surface area contributed by atoms with Crippen LogP contribution < -0.4 is 4.72 Å². The van der Waals surface area contributed by atoms with E-state index in [9.17, 15) is 13.2 Å². The molecule has 0 radical (unpaired) electrons. The number of hydrogen-bond acceptors (Lipinski definition) is 6.